The molecule has 1 aliphatic heterocycles. The van der Waals surface area contributed by atoms with E-state index in [1.54, 1.807) is 43.4 Å². The monoisotopic (exact) mass is 525 g/mol. The second-order valence-corrected chi connectivity index (χ2v) is 9.93. The van der Waals surface area contributed by atoms with Gasteiger partial charge in [0.1, 0.15) is 23.7 Å². The Bertz CT molecular complexity index is 1350. The van der Waals surface area contributed by atoms with Gasteiger partial charge >= 0.3 is 5.97 Å². The van der Waals surface area contributed by atoms with Crippen molar-refractivity contribution in [1.29, 1.82) is 0 Å². The molecule has 1 aromatic carbocycles. The molecule has 3 atom stereocenters. The number of aliphatic carboxylic acids is 1. The van der Waals surface area contributed by atoms with Gasteiger partial charge in [0, 0.05) is 49.9 Å². The molecular weight excluding hydrogens is 496 g/mol. The molecule has 1 fully saturated rings. The van der Waals surface area contributed by atoms with Gasteiger partial charge in [-0.05, 0) is 53.6 Å². The summed E-state index contributed by atoms with van der Waals surface area (Å²) in [7, 11) is 3.61. The van der Waals surface area contributed by atoms with E-state index >= 15 is 0 Å². The van der Waals surface area contributed by atoms with Crippen LogP contribution in [0.2, 0.25) is 0 Å². The van der Waals surface area contributed by atoms with Crippen molar-refractivity contribution in [1.82, 2.24) is 14.9 Å². The summed E-state index contributed by atoms with van der Waals surface area (Å²) in [4.78, 5) is 37.2. The molecule has 2 aromatic heterocycles. The molecule has 0 radical (unpaired) electrons. The minimum absolute atomic E-state index is 0.0781. The number of fused-ring (bicyclic) bond motifs is 1. The SMILES string of the molecule is CCc1cc2c(N)nccc2cc1C[C@H](C(=O)O)N1CC[C@H](N(c2ccc(N(C)C)nc2)S(=O)[O-])C1=O. The van der Waals surface area contributed by atoms with Gasteiger partial charge in [0.2, 0.25) is 5.91 Å². The summed E-state index contributed by atoms with van der Waals surface area (Å²) < 4.78 is 25.3. The fourth-order valence-electron chi connectivity index (χ4n) is 4.75. The average Bonchev–Trinajstić information content (AvgIpc) is 3.22. The third-order valence-electron chi connectivity index (χ3n) is 6.67. The van der Waals surface area contributed by atoms with E-state index in [4.69, 9.17) is 5.73 Å². The van der Waals surface area contributed by atoms with Gasteiger partial charge in [-0.2, -0.15) is 0 Å². The number of aromatic nitrogens is 2. The Morgan fingerprint density at radius 3 is 2.62 bits per heavy atom. The zero-order valence-corrected chi connectivity index (χ0v) is 21.6. The first-order valence-electron chi connectivity index (χ1n) is 11.8. The normalized spacial score (nSPS) is 17.1. The largest absolute Gasteiger partial charge is 0.755 e. The summed E-state index contributed by atoms with van der Waals surface area (Å²) in [6.45, 7) is 2.07. The Labute approximate surface area is 217 Å². The Hall–Kier alpha value is -3.77. The minimum atomic E-state index is -2.77. The highest BCUT2D eigenvalue weighted by atomic mass is 32.2. The lowest BCUT2D eigenvalue weighted by Crippen LogP contribution is -2.49. The lowest BCUT2D eigenvalue weighted by Gasteiger charge is -2.32. The van der Waals surface area contributed by atoms with Crippen LogP contribution in [-0.2, 0) is 33.7 Å². The first-order valence-corrected chi connectivity index (χ1v) is 12.9. The van der Waals surface area contributed by atoms with Crippen LogP contribution in [-0.4, -0.2) is 73.3 Å². The Morgan fingerprint density at radius 1 is 1.27 bits per heavy atom. The summed E-state index contributed by atoms with van der Waals surface area (Å²) in [5, 5.41) is 11.7. The predicted octanol–water partition coefficient (Wildman–Crippen LogP) is 1.74. The van der Waals surface area contributed by atoms with E-state index in [2.05, 4.69) is 9.97 Å². The quantitative estimate of drug-likeness (QED) is 0.397. The summed E-state index contributed by atoms with van der Waals surface area (Å²) in [5.74, 6) is -0.687. The van der Waals surface area contributed by atoms with Crippen molar-refractivity contribution in [3.8, 4) is 0 Å². The fraction of sp³-hybridized carbons (Fsp3) is 0.360. The number of anilines is 3. The lowest BCUT2D eigenvalue weighted by molar-refractivity contribution is -0.148. The van der Waals surface area contributed by atoms with Crippen LogP contribution in [0.5, 0.6) is 0 Å². The Balaban J connectivity index is 1.62. The van der Waals surface area contributed by atoms with Crippen molar-refractivity contribution < 1.29 is 23.5 Å². The van der Waals surface area contributed by atoms with Crippen molar-refractivity contribution in [2.24, 2.45) is 0 Å². The number of carbonyl (C=O) groups is 2. The summed E-state index contributed by atoms with van der Waals surface area (Å²) >= 11 is -2.77. The highest BCUT2D eigenvalue weighted by molar-refractivity contribution is 7.80. The highest BCUT2D eigenvalue weighted by Crippen LogP contribution is 2.30. The van der Waals surface area contributed by atoms with Gasteiger partial charge < -0.3 is 25.2 Å². The minimum Gasteiger partial charge on any atom is -0.755 e. The van der Waals surface area contributed by atoms with Gasteiger partial charge in [-0.1, -0.05) is 13.0 Å². The Morgan fingerprint density at radius 2 is 2.03 bits per heavy atom. The topological polar surface area (TPSA) is 156 Å². The van der Waals surface area contributed by atoms with E-state index in [1.165, 1.54) is 11.1 Å². The number of nitrogens with two attached hydrogens (primary N) is 1. The van der Waals surface area contributed by atoms with Crippen molar-refractivity contribution >= 4 is 51.2 Å². The number of likely N-dealkylation sites (tertiary alicyclic amines) is 1. The predicted molar refractivity (Wildman–Crippen MR) is 141 cm³/mol. The van der Waals surface area contributed by atoms with Crippen LogP contribution in [0, 0.1) is 0 Å². The standard InChI is InChI=1S/C25H30N6O5S/c1-4-15-12-19-16(7-9-27-23(19)26)11-17(15)13-21(25(33)34)30-10-8-20(24(30)32)31(37(35)36)18-5-6-22(28-14-18)29(2)3/h5-7,9,11-12,14,20-21H,4,8,10,13H2,1-3H3,(H2,26,27)(H,33,34)(H,35,36)/p-1/t20-,21+/m0/s1. The molecule has 11 nitrogen and oxygen atoms in total. The molecule has 1 unspecified atom stereocenters. The van der Waals surface area contributed by atoms with Crippen molar-refractivity contribution in [3.63, 3.8) is 0 Å². The molecule has 3 aromatic rings. The fourth-order valence-corrected chi connectivity index (χ4v) is 5.43. The van der Waals surface area contributed by atoms with Crippen LogP contribution in [0.25, 0.3) is 10.8 Å². The zero-order chi connectivity index (χ0) is 26.9. The molecule has 1 saturated heterocycles. The van der Waals surface area contributed by atoms with Crippen molar-refractivity contribution in [2.45, 2.75) is 38.3 Å². The third kappa shape index (κ3) is 5.20. The van der Waals surface area contributed by atoms with Crippen LogP contribution in [0.1, 0.15) is 24.5 Å². The molecule has 1 aliphatic rings. The van der Waals surface area contributed by atoms with E-state index in [0.29, 0.717) is 18.1 Å². The first kappa shape index (κ1) is 26.3. The van der Waals surface area contributed by atoms with E-state index < -0.39 is 35.2 Å². The maximum atomic E-state index is 13.4. The molecule has 0 saturated carbocycles. The van der Waals surface area contributed by atoms with E-state index in [0.717, 1.165) is 26.2 Å². The van der Waals surface area contributed by atoms with E-state index in [9.17, 15) is 23.5 Å². The maximum absolute atomic E-state index is 13.4. The number of hydrogen-bond acceptors (Lipinski definition) is 8. The number of amides is 1. The molecular formula is C25H29N6O5S-. The van der Waals surface area contributed by atoms with Crippen molar-refractivity contribution in [2.75, 3.05) is 35.6 Å². The van der Waals surface area contributed by atoms with Crippen LogP contribution in [0.3, 0.4) is 0 Å². The number of hydrogen-bond donors (Lipinski definition) is 2. The number of nitrogens with zero attached hydrogens (tertiary/aromatic N) is 5. The molecule has 3 heterocycles. The number of carboxylic acids is 1. The molecule has 0 aliphatic carbocycles. The molecule has 37 heavy (non-hydrogen) atoms. The molecule has 3 N–H and O–H groups in total. The van der Waals surface area contributed by atoms with Gasteiger partial charge in [0.25, 0.3) is 0 Å². The van der Waals surface area contributed by atoms with Gasteiger partial charge in [0.15, 0.2) is 0 Å². The Kier molecular flexibility index (Phi) is 7.60. The number of nitrogen functional groups attached to an aromatic ring is 1. The summed E-state index contributed by atoms with van der Waals surface area (Å²) in [6, 6.07) is 6.62. The van der Waals surface area contributed by atoms with Crippen LogP contribution >= 0.6 is 0 Å². The second kappa shape index (κ2) is 10.7. The number of pyridine rings is 2. The van der Waals surface area contributed by atoms with E-state index in [1.807, 2.05) is 19.1 Å². The second-order valence-electron chi connectivity index (χ2n) is 9.10. The number of carboxylic acid groups (broad SMARTS) is 1. The average molecular weight is 526 g/mol. The van der Waals surface area contributed by atoms with E-state index in [-0.39, 0.29) is 25.1 Å². The molecule has 196 valence electrons. The number of benzene rings is 1. The van der Waals surface area contributed by atoms with Crippen LogP contribution in [0.15, 0.2) is 42.7 Å². The smallest absolute Gasteiger partial charge is 0.326 e. The molecule has 12 heteroatoms. The maximum Gasteiger partial charge on any atom is 0.326 e. The first-order chi connectivity index (χ1) is 17.6. The third-order valence-corrected chi connectivity index (χ3v) is 7.46. The summed E-state index contributed by atoms with van der Waals surface area (Å²) in [5.41, 5.74) is 7.95. The van der Waals surface area contributed by atoms with Gasteiger partial charge in [-0.25, -0.2) is 14.8 Å². The zero-order valence-electron chi connectivity index (χ0n) is 20.8. The van der Waals surface area contributed by atoms with Gasteiger partial charge in [-0.3, -0.25) is 13.3 Å². The van der Waals surface area contributed by atoms with Crippen LogP contribution in [0.4, 0.5) is 17.3 Å². The van der Waals surface area contributed by atoms with Crippen LogP contribution < -0.4 is 14.9 Å². The highest BCUT2D eigenvalue weighted by Gasteiger charge is 2.42. The molecule has 4 rings (SSSR count). The van der Waals surface area contributed by atoms with Gasteiger partial charge in [0.05, 0.1) is 11.9 Å². The number of carbonyl (C=O) groups excluding carboxylic acids is 1. The lowest BCUT2D eigenvalue weighted by atomic mass is 9.94. The number of aryl methyl sites for hydroxylation is 1. The number of rotatable bonds is 9. The molecule has 1 amide bonds. The molecule has 0 bridgehead atoms. The van der Waals surface area contributed by atoms with Crippen molar-refractivity contribution in [3.05, 3.63) is 53.9 Å². The summed E-state index contributed by atoms with van der Waals surface area (Å²) in [6.07, 6.45) is 3.86. The molecule has 0 spiro atoms. The van der Waals surface area contributed by atoms with Gasteiger partial charge in [-0.15, -0.1) is 0 Å².